The van der Waals surface area contributed by atoms with E-state index in [9.17, 15) is 9.59 Å². The lowest BCUT2D eigenvalue weighted by Crippen LogP contribution is -2.44. The van der Waals surface area contributed by atoms with Gasteiger partial charge in [-0.25, -0.2) is 4.79 Å². The van der Waals surface area contributed by atoms with Crippen molar-refractivity contribution in [2.24, 2.45) is 5.92 Å². The zero-order valence-electron chi connectivity index (χ0n) is 11.5. The van der Waals surface area contributed by atoms with Crippen LogP contribution in [0.3, 0.4) is 0 Å². The molecular weight excluding hydrogens is 256 g/mol. The van der Waals surface area contributed by atoms with E-state index in [0.29, 0.717) is 0 Å². The van der Waals surface area contributed by atoms with Crippen molar-refractivity contribution in [1.82, 2.24) is 10.3 Å². The van der Waals surface area contributed by atoms with Gasteiger partial charge in [-0.05, 0) is 23.4 Å². The van der Waals surface area contributed by atoms with Crippen molar-refractivity contribution < 1.29 is 14.7 Å². The van der Waals surface area contributed by atoms with Gasteiger partial charge < -0.3 is 15.4 Å². The third kappa shape index (κ3) is 3.17. The normalized spacial score (nSPS) is 12.6. The van der Waals surface area contributed by atoms with E-state index in [0.717, 1.165) is 16.6 Å². The van der Waals surface area contributed by atoms with E-state index < -0.39 is 12.0 Å². The summed E-state index contributed by atoms with van der Waals surface area (Å²) in [4.78, 5) is 26.1. The number of hydrogen-bond donors (Lipinski definition) is 3. The fourth-order valence-electron chi connectivity index (χ4n) is 2.14. The molecule has 0 aliphatic heterocycles. The molecule has 1 amide bonds. The van der Waals surface area contributed by atoms with Gasteiger partial charge in [0.15, 0.2) is 0 Å². The number of aromatic nitrogens is 1. The first-order valence-electron chi connectivity index (χ1n) is 6.56. The Labute approximate surface area is 117 Å². The number of carboxylic acid groups (broad SMARTS) is 1. The number of aliphatic carboxylic acids is 1. The number of aromatic amines is 1. The van der Waals surface area contributed by atoms with Crippen LogP contribution in [0.25, 0.3) is 10.9 Å². The molecule has 0 saturated carbocycles. The lowest BCUT2D eigenvalue weighted by atomic mass is 10.0. The highest BCUT2D eigenvalue weighted by atomic mass is 16.4. The minimum atomic E-state index is -1.01. The maximum atomic E-state index is 11.9. The van der Waals surface area contributed by atoms with Gasteiger partial charge >= 0.3 is 5.97 Å². The van der Waals surface area contributed by atoms with Crippen molar-refractivity contribution >= 4 is 22.8 Å². The number of carbonyl (C=O) groups is 2. The predicted molar refractivity (Wildman–Crippen MR) is 76.4 cm³/mol. The summed E-state index contributed by atoms with van der Waals surface area (Å²) in [6.45, 7) is 3.53. The molecular formula is C15H18N2O3. The van der Waals surface area contributed by atoms with Gasteiger partial charge in [-0.3, -0.25) is 4.79 Å². The molecule has 5 nitrogen and oxygen atoms in total. The number of benzene rings is 1. The van der Waals surface area contributed by atoms with Crippen LogP contribution in [0.4, 0.5) is 0 Å². The molecule has 20 heavy (non-hydrogen) atoms. The number of hydrogen-bond acceptors (Lipinski definition) is 2. The Hall–Kier alpha value is -2.30. The van der Waals surface area contributed by atoms with Crippen molar-refractivity contribution in [3.63, 3.8) is 0 Å². The fraction of sp³-hybridized carbons (Fsp3) is 0.333. The zero-order chi connectivity index (χ0) is 14.7. The van der Waals surface area contributed by atoms with Gasteiger partial charge in [0, 0.05) is 11.2 Å². The van der Waals surface area contributed by atoms with Crippen LogP contribution < -0.4 is 5.32 Å². The summed E-state index contributed by atoms with van der Waals surface area (Å²) in [5, 5.41) is 12.6. The highest BCUT2D eigenvalue weighted by Gasteiger charge is 2.23. The van der Waals surface area contributed by atoms with Crippen LogP contribution in [0.2, 0.25) is 0 Å². The molecule has 1 aromatic heterocycles. The molecule has 0 saturated heterocycles. The Kier molecular flexibility index (Phi) is 4.08. The first-order valence-corrected chi connectivity index (χ1v) is 6.56. The third-order valence-electron chi connectivity index (χ3n) is 3.19. The minimum Gasteiger partial charge on any atom is -0.480 e. The van der Waals surface area contributed by atoms with Crippen molar-refractivity contribution in [1.29, 1.82) is 0 Å². The van der Waals surface area contributed by atoms with E-state index in [-0.39, 0.29) is 18.2 Å². The van der Waals surface area contributed by atoms with Gasteiger partial charge in [0.1, 0.15) is 6.04 Å². The van der Waals surface area contributed by atoms with Gasteiger partial charge in [0.2, 0.25) is 5.91 Å². The minimum absolute atomic E-state index is 0.144. The smallest absolute Gasteiger partial charge is 0.326 e. The average Bonchev–Trinajstić information content (AvgIpc) is 2.77. The number of carboxylic acids is 1. The molecule has 0 bridgehead atoms. The molecule has 1 atom stereocenters. The van der Waals surface area contributed by atoms with E-state index in [1.165, 1.54) is 0 Å². The third-order valence-corrected chi connectivity index (χ3v) is 3.19. The Morgan fingerprint density at radius 1 is 1.30 bits per heavy atom. The van der Waals surface area contributed by atoms with E-state index in [4.69, 9.17) is 5.11 Å². The quantitative estimate of drug-likeness (QED) is 0.779. The fourth-order valence-corrected chi connectivity index (χ4v) is 2.14. The van der Waals surface area contributed by atoms with E-state index in [1.807, 2.05) is 30.3 Å². The Morgan fingerprint density at radius 2 is 2.00 bits per heavy atom. The monoisotopic (exact) mass is 274 g/mol. The topological polar surface area (TPSA) is 82.2 Å². The van der Waals surface area contributed by atoms with Crippen LogP contribution in [-0.2, 0) is 16.0 Å². The van der Waals surface area contributed by atoms with E-state index >= 15 is 0 Å². The number of amides is 1. The van der Waals surface area contributed by atoms with Crippen molar-refractivity contribution in [3.05, 3.63) is 36.0 Å². The SMILES string of the molecule is CC(C)[C@H](NC(=O)Cc1cc2ccccc2[nH]1)C(=O)O. The molecule has 0 aliphatic rings. The maximum Gasteiger partial charge on any atom is 0.326 e. The molecule has 0 aliphatic carbocycles. The first-order chi connectivity index (χ1) is 9.47. The summed E-state index contributed by atoms with van der Waals surface area (Å²) in [6, 6.07) is 8.79. The van der Waals surface area contributed by atoms with Gasteiger partial charge in [-0.2, -0.15) is 0 Å². The van der Waals surface area contributed by atoms with Crippen LogP contribution >= 0.6 is 0 Å². The van der Waals surface area contributed by atoms with Gasteiger partial charge in [-0.15, -0.1) is 0 Å². The van der Waals surface area contributed by atoms with Gasteiger partial charge in [-0.1, -0.05) is 32.0 Å². The summed E-state index contributed by atoms with van der Waals surface area (Å²) in [7, 11) is 0. The summed E-state index contributed by atoms with van der Waals surface area (Å²) >= 11 is 0. The number of H-pyrrole nitrogens is 1. The highest BCUT2D eigenvalue weighted by Crippen LogP contribution is 2.15. The number of rotatable bonds is 5. The van der Waals surface area contributed by atoms with Crippen molar-refractivity contribution in [3.8, 4) is 0 Å². The average molecular weight is 274 g/mol. The number of nitrogens with one attached hydrogen (secondary N) is 2. The lowest BCUT2D eigenvalue weighted by molar-refractivity contribution is -0.143. The molecule has 3 N–H and O–H groups in total. The molecule has 0 radical (unpaired) electrons. The second-order valence-electron chi connectivity index (χ2n) is 5.19. The number of para-hydroxylation sites is 1. The van der Waals surface area contributed by atoms with Crippen LogP contribution in [0.5, 0.6) is 0 Å². The number of fused-ring (bicyclic) bond motifs is 1. The van der Waals surface area contributed by atoms with Gasteiger partial charge in [0.25, 0.3) is 0 Å². The van der Waals surface area contributed by atoms with Crippen LogP contribution in [-0.4, -0.2) is 28.0 Å². The van der Waals surface area contributed by atoms with Crippen molar-refractivity contribution in [2.45, 2.75) is 26.3 Å². The summed E-state index contributed by atoms with van der Waals surface area (Å²) in [5.41, 5.74) is 1.74. The van der Waals surface area contributed by atoms with E-state index in [1.54, 1.807) is 13.8 Å². The summed E-state index contributed by atoms with van der Waals surface area (Å²) in [6.07, 6.45) is 0.144. The zero-order valence-corrected chi connectivity index (χ0v) is 11.5. The molecule has 2 rings (SSSR count). The standard InChI is InChI=1S/C15H18N2O3/c1-9(2)14(15(19)20)17-13(18)8-11-7-10-5-3-4-6-12(10)16-11/h3-7,9,14,16H,8H2,1-2H3,(H,17,18)(H,19,20)/t14-/m0/s1. The maximum absolute atomic E-state index is 11.9. The Balaban J connectivity index is 2.05. The Bertz CT molecular complexity index is 598. The molecule has 5 heteroatoms. The van der Waals surface area contributed by atoms with E-state index in [2.05, 4.69) is 10.3 Å². The van der Waals surface area contributed by atoms with Crippen LogP contribution in [0, 0.1) is 5.92 Å². The summed E-state index contributed by atoms with van der Waals surface area (Å²) < 4.78 is 0. The number of carbonyl (C=O) groups excluding carboxylic acids is 1. The molecule has 2 aromatic rings. The molecule has 0 fully saturated rings. The Morgan fingerprint density at radius 3 is 2.60 bits per heavy atom. The predicted octanol–water partition coefficient (Wildman–Crippen LogP) is 1.94. The van der Waals surface area contributed by atoms with Crippen LogP contribution in [0.1, 0.15) is 19.5 Å². The van der Waals surface area contributed by atoms with Crippen molar-refractivity contribution in [2.75, 3.05) is 0 Å². The molecule has 1 aromatic carbocycles. The second kappa shape index (κ2) is 5.77. The molecule has 1 heterocycles. The molecule has 0 spiro atoms. The highest BCUT2D eigenvalue weighted by molar-refractivity contribution is 5.87. The molecule has 0 unspecified atom stereocenters. The largest absolute Gasteiger partial charge is 0.480 e. The second-order valence-corrected chi connectivity index (χ2v) is 5.19. The van der Waals surface area contributed by atoms with Gasteiger partial charge in [0.05, 0.1) is 6.42 Å². The lowest BCUT2D eigenvalue weighted by Gasteiger charge is -2.17. The molecule has 106 valence electrons. The van der Waals surface area contributed by atoms with Crippen LogP contribution in [0.15, 0.2) is 30.3 Å². The first kappa shape index (κ1) is 14.1. The summed E-state index contributed by atoms with van der Waals surface area (Å²) in [5.74, 6) is -1.46.